The zero-order valence-corrected chi connectivity index (χ0v) is 11.9. The molecule has 0 aromatic carbocycles. The first-order chi connectivity index (χ1) is 8.96. The van der Waals surface area contributed by atoms with Crippen molar-refractivity contribution in [1.82, 2.24) is 9.88 Å². The minimum Gasteiger partial charge on any atom is -0.459 e. The van der Waals surface area contributed by atoms with Gasteiger partial charge in [-0.25, -0.2) is 0 Å². The van der Waals surface area contributed by atoms with Crippen molar-refractivity contribution in [2.24, 2.45) is 0 Å². The maximum absolute atomic E-state index is 12.2. The highest BCUT2D eigenvalue weighted by atomic mass is 16.6. The normalized spacial score (nSPS) is 20.5. The Kier molecular flexibility index (Phi) is 4.20. The number of aromatic nitrogens is 1. The molecule has 0 unspecified atom stereocenters. The lowest BCUT2D eigenvalue weighted by atomic mass is 10.1. The lowest BCUT2D eigenvalue weighted by molar-refractivity contribution is -0.160. The third-order valence-corrected chi connectivity index (χ3v) is 3.13. The van der Waals surface area contributed by atoms with Gasteiger partial charge in [0.2, 0.25) is 0 Å². The van der Waals surface area contributed by atoms with E-state index in [4.69, 9.17) is 4.74 Å². The minimum absolute atomic E-state index is 0.110. The van der Waals surface area contributed by atoms with Gasteiger partial charge in [0.05, 0.1) is 5.69 Å². The maximum Gasteiger partial charge on any atom is 0.323 e. The van der Waals surface area contributed by atoms with Gasteiger partial charge in [-0.1, -0.05) is 6.07 Å². The maximum atomic E-state index is 12.2. The topological polar surface area (TPSA) is 42.4 Å². The zero-order valence-electron chi connectivity index (χ0n) is 11.9. The van der Waals surface area contributed by atoms with Crippen molar-refractivity contribution in [2.75, 3.05) is 6.54 Å². The molecule has 1 saturated heterocycles. The fourth-order valence-corrected chi connectivity index (χ4v) is 2.35. The van der Waals surface area contributed by atoms with Gasteiger partial charge < -0.3 is 4.74 Å². The summed E-state index contributed by atoms with van der Waals surface area (Å²) in [6, 6.07) is 5.74. The van der Waals surface area contributed by atoms with E-state index in [1.165, 1.54) is 0 Å². The van der Waals surface area contributed by atoms with Gasteiger partial charge in [-0.2, -0.15) is 0 Å². The van der Waals surface area contributed by atoms with Crippen LogP contribution < -0.4 is 0 Å². The molecule has 1 aromatic heterocycles. The molecule has 1 fully saturated rings. The number of carbonyl (C=O) groups excluding carboxylic acids is 1. The molecule has 1 atom stereocenters. The van der Waals surface area contributed by atoms with Crippen LogP contribution in [0.15, 0.2) is 24.4 Å². The summed E-state index contributed by atoms with van der Waals surface area (Å²) >= 11 is 0. The molecule has 0 radical (unpaired) electrons. The monoisotopic (exact) mass is 262 g/mol. The predicted molar refractivity (Wildman–Crippen MR) is 73.5 cm³/mol. The van der Waals surface area contributed by atoms with Crippen LogP contribution in [0.25, 0.3) is 0 Å². The fraction of sp³-hybridized carbons (Fsp3) is 0.600. The standard InChI is InChI=1S/C15H22N2O2/c1-15(2,3)19-14(18)13-8-6-10-17(13)11-12-7-4-5-9-16-12/h4-5,7,9,13H,6,8,10-11H2,1-3H3/t13-/m0/s1. The molecule has 104 valence electrons. The lowest BCUT2D eigenvalue weighted by Gasteiger charge is -2.27. The van der Waals surface area contributed by atoms with Crippen LogP contribution in [0.3, 0.4) is 0 Å². The number of carbonyl (C=O) groups is 1. The van der Waals surface area contributed by atoms with Crippen molar-refractivity contribution in [2.45, 2.75) is 51.8 Å². The second kappa shape index (κ2) is 5.70. The Hall–Kier alpha value is -1.42. The Labute approximate surface area is 114 Å². The van der Waals surface area contributed by atoms with E-state index in [2.05, 4.69) is 9.88 Å². The van der Waals surface area contributed by atoms with Crippen LogP contribution in [0.5, 0.6) is 0 Å². The van der Waals surface area contributed by atoms with Gasteiger partial charge >= 0.3 is 5.97 Å². The van der Waals surface area contributed by atoms with Crippen LogP contribution in [0.2, 0.25) is 0 Å². The summed E-state index contributed by atoms with van der Waals surface area (Å²) in [7, 11) is 0. The first-order valence-corrected chi connectivity index (χ1v) is 6.82. The van der Waals surface area contributed by atoms with Gasteiger partial charge in [-0.05, 0) is 52.3 Å². The molecule has 0 aliphatic carbocycles. The Bertz CT molecular complexity index is 426. The Balaban J connectivity index is 1.99. The molecule has 0 N–H and O–H groups in total. The third-order valence-electron chi connectivity index (χ3n) is 3.13. The molecule has 0 spiro atoms. The van der Waals surface area contributed by atoms with E-state index in [1.807, 2.05) is 39.0 Å². The molecule has 4 heteroatoms. The van der Waals surface area contributed by atoms with E-state index in [1.54, 1.807) is 6.20 Å². The van der Waals surface area contributed by atoms with E-state index >= 15 is 0 Å². The first kappa shape index (κ1) is 14.0. The number of hydrogen-bond acceptors (Lipinski definition) is 4. The largest absolute Gasteiger partial charge is 0.459 e. The van der Waals surface area contributed by atoms with E-state index < -0.39 is 5.60 Å². The Morgan fingerprint density at radius 3 is 2.89 bits per heavy atom. The molecule has 4 nitrogen and oxygen atoms in total. The highest BCUT2D eigenvalue weighted by molar-refractivity contribution is 5.76. The summed E-state index contributed by atoms with van der Waals surface area (Å²) in [5.41, 5.74) is 0.578. The molecule has 0 saturated carbocycles. The molecule has 2 rings (SSSR count). The Morgan fingerprint density at radius 2 is 2.26 bits per heavy atom. The average Bonchev–Trinajstić information content (AvgIpc) is 2.76. The van der Waals surface area contributed by atoms with E-state index in [9.17, 15) is 4.79 Å². The minimum atomic E-state index is -0.420. The third kappa shape index (κ3) is 4.03. The molecule has 0 bridgehead atoms. The van der Waals surface area contributed by atoms with Crippen molar-refractivity contribution >= 4 is 5.97 Å². The van der Waals surface area contributed by atoms with Gasteiger partial charge in [0, 0.05) is 12.7 Å². The number of likely N-dealkylation sites (tertiary alicyclic amines) is 1. The molecule has 1 aromatic rings. The highest BCUT2D eigenvalue weighted by Gasteiger charge is 2.34. The second-order valence-corrected chi connectivity index (χ2v) is 5.98. The molecule has 1 aliphatic rings. The number of pyridine rings is 1. The summed E-state index contributed by atoms with van der Waals surface area (Å²) in [5.74, 6) is -0.110. The van der Waals surface area contributed by atoms with Crippen LogP contribution >= 0.6 is 0 Å². The van der Waals surface area contributed by atoms with E-state index in [-0.39, 0.29) is 12.0 Å². The second-order valence-electron chi connectivity index (χ2n) is 5.98. The summed E-state index contributed by atoms with van der Waals surface area (Å²) < 4.78 is 5.49. The van der Waals surface area contributed by atoms with Gasteiger partial charge in [-0.15, -0.1) is 0 Å². The molecule has 1 aliphatic heterocycles. The zero-order chi connectivity index (χ0) is 13.9. The number of esters is 1. The SMILES string of the molecule is CC(C)(C)OC(=O)[C@@H]1CCCN1Cc1ccccn1. The molecule has 0 amide bonds. The van der Waals surface area contributed by atoms with Crippen molar-refractivity contribution < 1.29 is 9.53 Å². The van der Waals surface area contributed by atoms with Crippen molar-refractivity contribution in [1.29, 1.82) is 0 Å². The van der Waals surface area contributed by atoms with Crippen molar-refractivity contribution in [3.63, 3.8) is 0 Å². The van der Waals surface area contributed by atoms with Gasteiger partial charge in [-0.3, -0.25) is 14.7 Å². The van der Waals surface area contributed by atoms with Crippen LogP contribution in [-0.2, 0) is 16.1 Å². The number of rotatable bonds is 3. The van der Waals surface area contributed by atoms with Gasteiger partial charge in [0.15, 0.2) is 0 Å². The number of hydrogen-bond donors (Lipinski definition) is 0. The summed E-state index contributed by atoms with van der Waals surface area (Å²) in [4.78, 5) is 18.7. The molecule has 2 heterocycles. The van der Waals surface area contributed by atoms with Gasteiger partial charge in [0.1, 0.15) is 11.6 Å². The highest BCUT2D eigenvalue weighted by Crippen LogP contribution is 2.22. The summed E-state index contributed by atoms with van der Waals surface area (Å²) in [6.07, 6.45) is 3.70. The molecular weight excluding hydrogens is 240 g/mol. The van der Waals surface area contributed by atoms with E-state index in [0.717, 1.165) is 25.1 Å². The lowest BCUT2D eigenvalue weighted by Crippen LogP contribution is -2.40. The van der Waals surface area contributed by atoms with Crippen LogP contribution in [0.4, 0.5) is 0 Å². The Morgan fingerprint density at radius 1 is 1.47 bits per heavy atom. The number of ether oxygens (including phenoxy) is 1. The quantitative estimate of drug-likeness (QED) is 0.784. The first-order valence-electron chi connectivity index (χ1n) is 6.82. The average molecular weight is 262 g/mol. The van der Waals surface area contributed by atoms with Crippen LogP contribution in [-0.4, -0.2) is 34.0 Å². The van der Waals surface area contributed by atoms with Crippen molar-refractivity contribution in [3.8, 4) is 0 Å². The summed E-state index contributed by atoms with van der Waals surface area (Å²) in [6.45, 7) is 7.36. The molecule has 19 heavy (non-hydrogen) atoms. The van der Waals surface area contributed by atoms with Crippen molar-refractivity contribution in [3.05, 3.63) is 30.1 Å². The number of nitrogens with zero attached hydrogens (tertiary/aromatic N) is 2. The smallest absolute Gasteiger partial charge is 0.323 e. The van der Waals surface area contributed by atoms with E-state index in [0.29, 0.717) is 6.54 Å². The van der Waals surface area contributed by atoms with Crippen LogP contribution in [0, 0.1) is 0 Å². The predicted octanol–water partition coefficient (Wildman–Crippen LogP) is 2.39. The summed E-state index contributed by atoms with van der Waals surface area (Å²) in [5, 5.41) is 0. The van der Waals surface area contributed by atoms with Crippen LogP contribution in [0.1, 0.15) is 39.3 Å². The van der Waals surface area contributed by atoms with Gasteiger partial charge in [0.25, 0.3) is 0 Å². The molecular formula is C15H22N2O2. The fourth-order valence-electron chi connectivity index (χ4n) is 2.35.